The average Bonchev–Trinajstić information content (AvgIpc) is 3.32. The normalized spacial score (nSPS) is 23.6. The molecule has 2 fully saturated rings. The van der Waals surface area contributed by atoms with Crippen molar-refractivity contribution in [3.05, 3.63) is 70.2 Å². The van der Waals surface area contributed by atoms with Gasteiger partial charge in [-0.05, 0) is 85.3 Å². The first-order valence-electron chi connectivity index (χ1n) is 12.6. The third-order valence-corrected chi connectivity index (χ3v) is 8.04. The number of alkyl halides is 3. The molecule has 0 radical (unpaired) electrons. The number of rotatable bonds is 8. The van der Waals surface area contributed by atoms with E-state index in [2.05, 4.69) is 4.90 Å². The highest BCUT2D eigenvalue weighted by atomic mass is 35.5. The van der Waals surface area contributed by atoms with E-state index >= 15 is 0 Å². The van der Waals surface area contributed by atoms with E-state index in [1.165, 1.54) is 25.7 Å². The maximum Gasteiger partial charge on any atom is 0.416 e. The minimum Gasteiger partial charge on any atom is -0.481 e. The van der Waals surface area contributed by atoms with Crippen molar-refractivity contribution in [1.82, 2.24) is 4.90 Å². The molecule has 0 amide bonds. The first kappa shape index (κ1) is 26.0. The van der Waals surface area contributed by atoms with Crippen LogP contribution in [0.15, 0.2) is 48.5 Å². The highest BCUT2D eigenvalue weighted by Crippen LogP contribution is 2.42. The summed E-state index contributed by atoms with van der Waals surface area (Å²) in [5.74, 6) is -0.181. The molecule has 0 aliphatic heterocycles. The van der Waals surface area contributed by atoms with Crippen LogP contribution in [0.3, 0.4) is 0 Å². The Morgan fingerprint density at radius 3 is 2.20 bits per heavy atom. The summed E-state index contributed by atoms with van der Waals surface area (Å²) in [7, 11) is 0. The van der Waals surface area contributed by atoms with Gasteiger partial charge in [-0.25, -0.2) is 0 Å². The van der Waals surface area contributed by atoms with Crippen molar-refractivity contribution in [3.63, 3.8) is 0 Å². The van der Waals surface area contributed by atoms with Crippen molar-refractivity contribution < 1.29 is 23.1 Å². The highest BCUT2D eigenvalue weighted by Gasteiger charge is 2.37. The van der Waals surface area contributed by atoms with E-state index in [9.17, 15) is 23.1 Å². The van der Waals surface area contributed by atoms with Gasteiger partial charge in [-0.2, -0.15) is 13.2 Å². The van der Waals surface area contributed by atoms with Crippen molar-refractivity contribution in [2.24, 2.45) is 11.8 Å². The monoisotopic (exact) mass is 507 g/mol. The maximum absolute atomic E-state index is 13.2. The summed E-state index contributed by atoms with van der Waals surface area (Å²) in [6, 6.07) is 13.5. The molecule has 2 aliphatic carbocycles. The molecular formula is C28H33ClF3NO2. The summed E-state index contributed by atoms with van der Waals surface area (Å²) in [6.07, 6.45) is 2.94. The number of aliphatic carboxylic acids is 1. The van der Waals surface area contributed by atoms with Gasteiger partial charge in [0.1, 0.15) is 0 Å². The van der Waals surface area contributed by atoms with E-state index in [4.69, 9.17) is 11.6 Å². The molecule has 0 unspecified atom stereocenters. The van der Waals surface area contributed by atoms with Crippen LogP contribution in [0.5, 0.6) is 0 Å². The first-order valence-corrected chi connectivity index (χ1v) is 12.9. The number of nitrogens with zero attached hydrogens (tertiary/aromatic N) is 1. The first-order chi connectivity index (χ1) is 16.7. The molecule has 35 heavy (non-hydrogen) atoms. The standard InChI is InChI=1S/C28H33ClF3NO2/c29-24-12-5-20(6-13-24)18-33(17-19-3-1-2-4-19)26-14-7-21(16-27(34)35)15-25(26)22-8-10-23(11-9-22)28(30,31)32/h5-6,8-13,19,21,25-26H,1-4,7,14-18H2,(H,34,35)/t21-,25+,26-/m1/s1. The van der Waals surface area contributed by atoms with Crippen LogP contribution < -0.4 is 0 Å². The smallest absolute Gasteiger partial charge is 0.416 e. The highest BCUT2D eigenvalue weighted by molar-refractivity contribution is 6.30. The molecule has 2 aromatic carbocycles. The summed E-state index contributed by atoms with van der Waals surface area (Å²) in [6.45, 7) is 1.70. The topological polar surface area (TPSA) is 40.5 Å². The molecule has 7 heteroatoms. The number of hydrogen-bond acceptors (Lipinski definition) is 2. The number of halogens is 4. The summed E-state index contributed by atoms with van der Waals surface area (Å²) in [4.78, 5) is 13.9. The Bertz CT molecular complexity index is 971. The Kier molecular flexibility index (Phi) is 8.43. The zero-order chi connectivity index (χ0) is 25.0. The van der Waals surface area contributed by atoms with Crippen LogP contribution in [-0.2, 0) is 17.5 Å². The van der Waals surface area contributed by atoms with Crippen LogP contribution in [0.25, 0.3) is 0 Å². The molecule has 0 bridgehead atoms. The van der Waals surface area contributed by atoms with Crippen molar-refractivity contribution in [2.75, 3.05) is 6.54 Å². The SMILES string of the molecule is O=C(O)C[C@@H]1CC[C@@H](N(Cc2ccc(Cl)cc2)CC2CCCC2)[C@H](c2ccc(C(F)(F)F)cc2)C1. The van der Waals surface area contributed by atoms with Crippen molar-refractivity contribution in [2.45, 2.75) is 76.0 Å². The Hall–Kier alpha value is -2.05. The molecule has 1 N–H and O–H groups in total. The fraction of sp³-hybridized carbons (Fsp3) is 0.536. The molecule has 4 rings (SSSR count). The number of carboxylic acids is 1. The Labute approximate surface area is 210 Å². The zero-order valence-corrected chi connectivity index (χ0v) is 20.6. The maximum atomic E-state index is 13.2. The average molecular weight is 508 g/mol. The van der Waals surface area contributed by atoms with Gasteiger partial charge in [0.15, 0.2) is 0 Å². The molecule has 0 spiro atoms. The van der Waals surface area contributed by atoms with Crippen molar-refractivity contribution in [3.8, 4) is 0 Å². The largest absolute Gasteiger partial charge is 0.481 e. The molecule has 0 aromatic heterocycles. The lowest BCUT2D eigenvalue weighted by molar-refractivity contribution is -0.139. The van der Waals surface area contributed by atoms with Gasteiger partial charge in [0.05, 0.1) is 5.56 Å². The second-order valence-electron chi connectivity index (χ2n) is 10.3. The van der Waals surface area contributed by atoms with Crippen LogP contribution in [0.2, 0.25) is 5.02 Å². The summed E-state index contributed by atoms with van der Waals surface area (Å²) in [5, 5.41) is 10.1. The number of carboxylic acid groups (broad SMARTS) is 1. The van der Waals surface area contributed by atoms with E-state index in [-0.39, 0.29) is 24.3 Å². The van der Waals surface area contributed by atoms with Crippen molar-refractivity contribution in [1.29, 1.82) is 0 Å². The lowest BCUT2D eigenvalue weighted by Crippen LogP contribution is -2.44. The van der Waals surface area contributed by atoms with Crippen LogP contribution in [0.4, 0.5) is 13.2 Å². The number of hydrogen-bond donors (Lipinski definition) is 1. The lowest BCUT2D eigenvalue weighted by Gasteiger charge is -2.44. The molecule has 190 valence electrons. The second-order valence-corrected chi connectivity index (χ2v) is 10.7. The van der Waals surface area contributed by atoms with Gasteiger partial charge in [0.2, 0.25) is 0 Å². The molecule has 3 nitrogen and oxygen atoms in total. The summed E-state index contributed by atoms with van der Waals surface area (Å²) < 4.78 is 39.6. The van der Waals surface area contributed by atoms with Crippen LogP contribution in [0.1, 0.15) is 74.0 Å². The van der Waals surface area contributed by atoms with Crippen LogP contribution >= 0.6 is 11.6 Å². The molecular weight excluding hydrogens is 475 g/mol. The number of carbonyl (C=O) groups is 1. The zero-order valence-electron chi connectivity index (χ0n) is 19.8. The van der Waals surface area contributed by atoms with Gasteiger partial charge in [0.25, 0.3) is 0 Å². The molecule has 0 heterocycles. The van der Waals surface area contributed by atoms with Crippen molar-refractivity contribution >= 4 is 17.6 Å². The molecule has 3 atom stereocenters. The summed E-state index contributed by atoms with van der Waals surface area (Å²) >= 11 is 6.10. The van der Waals surface area contributed by atoms with E-state index in [0.29, 0.717) is 17.4 Å². The number of benzene rings is 2. The fourth-order valence-electron chi connectivity index (χ4n) is 6.05. The van der Waals surface area contributed by atoms with E-state index in [0.717, 1.165) is 49.2 Å². The lowest BCUT2D eigenvalue weighted by atomic mass is 9.72. The molecule has 2 aliphatic rings. The second kappa shape index (κ2) is 11.3. The van der Waals surface area contributed by atoms with Crippen LogP contribution in [0, 0.1) is 11.8 Å². The Morgan fingerprint density at radius 1 is 0.943 bits per heavy atom. The van der Waals surface area contributed by atoms with E-state index < -0.39 is 17.7 Å². The Balaban J connectivity index is 1.63. The van der Waals surface area contributed by atoms with Gasteiger partial charge in [0, 0.05) is 30.6 Å². The fourth-order valence-corrected chi connectivity index (χ4v) is 6.18. The summed E-state index contributed by atoms with van der Waals surface area (Å²) in [5.41, 5.74) is 1.37. The molecule has 0 saturated heterocycles. The predicted octanol–water partition coefficient (Wildman–Crippen LogP) is 7.78. The van der Waals surface area contributed by atoms with E-state index in [1.807, 2.05) is 24.3 Å². The minimum atomic E-state index is -4.38. The molecule has 2 saturated carbocycles. The quantitative estimate of drug-likeness (QED) is 0.396. The van der Waals surface area contributed by atoms with Gasteiger partial charge >= 0.3 is 12.1 Å². The van der Waals surface area contributed by atoms with Gasteiger partial charge in [-0.1, -0.05) is 48.7 Å². The van der Waals surface area contributed by atoms with Gasteiger partial charge in [-0.3, -0.25) is 9.69 Å². The molecule has 2 aromatic rings. The van der Waals surface area contributed by atoms with Gasteiger partial charge < -0.3 is 5.11 Å². The van der Waals surface area contributed by atoms with Crippen LogP contribution in [-0.4, -0.2) is 28.6 Å². The third kappa shape index (κ3) is 7.01. The van der Waals surface area contributed by atoms with E-state index in [1.54, 1.807) is 12.1 Å². The third-order valence-electron chi connectivity index (χ3n) is 7.79. The Morgan fingerprint density at radius 2 is 1.60 bits per heavy atom. The predicted molar refractivity (Wildman–Crippen MR) is 131 cm³/mol. The minimum absolute atomic E-state index is 0.0101. The van der Waals surface area contributed by atoms with Gasteiger partial charge in [-0.15, -0.1) is 0 Å².